The number of aromatic carboxylic acids is 1. The van der Waals surface area contributed by atoms with Crippen molar-refractivity contribution in [3.8, 4) is 23.0 Å². The van der Waals surface area contributed by atoms with E-state index in [9.17, 15) is 29.3 Å². The smallest absolute Gasteiger partial charge is 0.508 e. The summed E-state index contributed by atoms with van der Waals surface area (Å²) in [6.45, 7) is -0.198. The topological polar surface area (TPSA) is 175 Å². The molecule has 180 valence electrons. The summed E-state index contributed by atoms with van der Waals surface area (Å²) in [5.41, 5.74) is 4.29. The Morgan fingerprint density at radius 2 is 1.77 bits per heavy atom. The van der Waals surface area contributed by atoms with Crippen molar-refractivity contribution in [3.63, 3.8) is 0 Å². The zero-order valence-electron chi connectivity index (χ0n) is 17.8. The number of hydrogen-bond donors (Lipinski definition) is 4. The summed E-state index contributed by atoms with van der Waals surface area (Å²) in [6.07, 6.45) is 0. The molecule has 5 N–H and O–H groups in total. The van der Waals surface area contributed by atoms with Crippen LogP contribution >= 0.6 is 7.82 Å². The van der Waals surface area contributed by atoms with Gasteiger partial charge in [-0.3, -0.25) is 9.42 Å². The zero-order valence-corrected chi connectivity index (χ0v) is 18.7. The fourth-order valence-corrected chi connectivity index (χ4v) is 5.07. The number of esters is 1. The monoisotopic (exact) mass is 499 g/mol. The van der Waals surface area contributed by atoms with Gasteiger partial charge in [0.2, 0.25) is 0 Å². The van der Waals surface area contributed by atoms with Gasteiger partial charge in [0.15, 0.2) is 5.60 Å². The van der Waals surface area contributed by atoms with Crippen molar-refractivity contribution in [1.29, 1.82) is 0 Å². The molecule has 5 rings (SSSR count). The van der Waals surface area contributed by atoms with Crippen molar-refractivity contribution in [3.05, 3.63) is 82.4 Å². The number of benzene rings is 3. The summed E-state index contributed by atoms with van der Waals surface area (Å²) in [5, 5.41) is 19.7. The number of nitrogens with two attached hydrogens (primary N) is 1. The van der Waals surface area contributed by atoms with E-state index in [-0.39, 0.29) is 52.8 Å². The van der Waals surface area contributed by atoms with Crippen LogP contribution in [0.2, 0.25) is 0 Å². The zero-order chi connectivity index (χ0) is 25.0. The molecule has 11 nitrogen and oxygen atoms in total. The number of carbonyl (C=O) groups is 2. The van der Waals surface area contributed by atoms with Crippen LogP contribution in [0.4, 0.5) is 0 Å². The average molecular weight is 499 g/mol. The van der Waals surface area contributed by atoms with Crippen molar-refractivity contribution in [2.45, 2.75) is 5.60 Å². The van der Waals surface area contributed by atoms with Crippen LogP contribution in [0.1, 0.15) is 37.4 Å². The molecule has 2 atom stereocenters. The number of phosphoric acid groups is 1. The number of aromatic hydroxyl groups is 1. The molecule has 3 aromatic carbocycles. The summed E-state index contributed by atoms with van der Waals surface area (Å²) in [7, 11) is -4.48. The number of carboxylic acids is 1. The highest BCUT2D eigenvalue weighted by Crippen LogP contribution is 2.58. The number of hydrogen-bond acceptors (Lipinski definition) is 9. The lowest BCUT2D eigenvalue weighted by molar-refractivity contribution is 0.0222. The Labute approximate surface area is 197 Å². The third-order valence-electron chi connectivity index (χ3n) is 5.61. The van der Waals surface area contributed by atoms with Crippen LogP contribution in [0.25, 0.3) is 0 Å². The minimum atomic E-state index is -4.48. The van der Waals surface area contributed by atoms with E-state index in [0.717, 1.165) is 0 Å². The summed E-state index contributed by atoms with van der Waals surface area (Å²) in [6, 6.07) is 12.7. The van der Waals surface area contributed by atoms with E-state index in [1.165, 1.54) is 48.5 Å². The first-order valence-electron chi connectivity index (χ1n) is 10.3. The first kappa shape index (κ1) is 22.9. The normalized spacial score (nSPS) is 19.1. The maximum Gasteiger partial charge on any atom is 0.527 e. The van der Waals surface area contributed by atoms with Crippen molar-refractivity contribution >= 4 is 19.8 Å². The van der Waals surface area contributed by atoms with E-state index in [1.807, 2.05) is 0 Å². The van der Waals surface area contributed by atoms with Crippen LogP contribution < -0.4 is 15.0 Å². The molecule has 12 heteroatoms. The molecule has 0 saturated heterocycles. The van der Waals surface area contributed by atoms with Gasteiger partial charge in [0.25, 0.3) is 0 Å². The second kappa shape index (κ2) is 8.10. The number of rotatable bonds is 6. The number of phenols is 1. The second-order valence-corrected chi connectivity index (χ2v) is 9.10. The molecule has 1 spiro atoms. The van der Waals surface area contributed by atoms with Crippen LogP contribution in [-0.4, -0.2) is 40.2 Å². The number of carboxylic acid groups (broad SMARTS) is 1. The van der Waals surface area contributed by atoms with Crippen LogP contribution in [0.3, 0.4) is 0 Å². The van der Waals surface area contributed by atoms with Crippen molar-refractivity contribution in [2.75, 3.05) is 13.2 Å². The molecule has 0 fully saturated rings. The van der Waals surface area contributed by atoms with Crippen LogP contribution in [0, 0.1) is 0 Å². The molecule has 0 aromatic heterocycles. The quantitative estimate of drug-likeness (QED) is 0.290. The number of carbonyl (C=O) groups excluding carboxylic acids is 1. The van der Waals surface area contributed by atoms with Crippen LogP contribution in [-0.2, 0) is 19.4 Å². The van der Waals surface area contributed by atoms with Gasteiger partial charge >= 0.3 is 19.8 Å². The van der Waals surface area contributed by atoms with Crippen LogP contribution in [0.5, 0.6) is 23.0 Å². The molecule has 0 saturated carbocycles. The molecule has 0 bridgehead atoms. The Bertz CT molecular complexity index is 1440. The molecule has 0 aliphatic carbocycles. The van der Waals surface area contributed by atoms with Gasteiger partial charge in [-0.05, 0) is 30.3 Å². The third kappa shape index (κ3) is 3.62. The predicted octanol–water partition coefficient (Wildman–Crippen LogP) is 3.11. The van der Waals surface area contributed by atoms with Gasteiger partial charge in [-0.25, -0.2) is 14.2 Å². The number of ether oxygens (including phenoxy) is 2. The van der Waals surface area contributed by atoms with E-state index < -0.39 is 25.4 Å². The molecule has 0 amide bonds. The molecular weight excluding hydrogens is 481 g/mol. The number of phosphoric ester groups is 1. The van der Waals surface area contributed by atoms with E-state index in [0.29, 0.717) is 11.1 Å². The van der Waals surface area contributed by atoms with E-state index >= 15 is 0 Å². The minimum absolute atomic E-state index is 0.00706. The lowest BCUT2D eigenvalue weighted by Crippen LogP contribution is -2.33. The second-order valence-electron chi connectivity index (χ2n) is 7.73. The Morgan fingerprint density at radius 1 is 1.06 bits per heavy atom. The Hall–Kier alpha value is -3.89. The molecular formula is C23H18NO10P. The van der Waals surface area contributed by atoms with Crippen LogP contribution in [0.15, 0.2) is 54.6 Å². The summed E-state index contributed by atoms with van der Waals surface area (Å²) in [4.78, 5) is 34.7. The maximum absolute atomic E-state index is 13.0. The predicted molar refractivity (Wildman–Crippen MR) is 119 cm³/mol. The lowest BCUT2D eigenvalue weighted by Gasteiger charge is -2.36. The summed E-state index contributed by atoms with van der Waals surface area (Å²) >= 11 is 0. The summed E-state index contributed by atoms with van der Waals surface area (Å²) in [5.74, 6) is -2.15. The minimum Gasteiger partial charge on any atom is -0.508 e. The van der Waals surface area contributed by atoms with Gasteiger partial charge in [0, 0.05) is 35.4 Å². The fourth-order valence-electron chi connectivity index (χ4n) is 4.30. The molecule has 2 aliphatic rings. The van der Waals surface area contributed by atoms with E-state index in [2.05, 4.69) is 0 Å². The lowest BCUT2D eigenvalue weighted by atomic mass is 9.77. The highest BCUT2D eigenvalue weighted by atomic mass is 31.2. The Kier molecular flexibility index (Phi) is 5.30. The number of fused-ring (bicyclic) bond motifs is 6. The third-order valence-corrected chi connectivity index (χ3v) is 6.56. The van der Waals surface area contributed by atoms with Crippen molar-refractivity contribution < 1.29 is 47.8 Å². The largest absolute Gasteiger partial charge is 0.527 e. The van der Waals surface area contributed by atoms with Crippen molar-refractivity contribution in [2.24, 2.45) is 5.73 Å². The Balaban J connectivity index is 1.71. The fraction of sp³-hybridized carbons (Fsp3) is 0.130. The highest BCUT2D eigenvalue weighted by Gasteiger charge is 2.54. The van der Waals surface area contributed by atoms with E-state index in [1.54, 1.807) is 6.07 Å². The molecule has 0 radical (unpaired) electrons. The van der Waals surface area contributed by atoms with Gasteiger partial charge in [0.1, 0.15) is 23.0 Å². The molecule has 3 aromatic rings. The highest BCUT2D eigenvalue weighted by molar-refractivity contribution is 7.47. The van der Waals surface area contributed by atoms with Gasteiger partial charge in [-0.2, -0.15) is 0 Å². The van der Waals surface area contributed by atoms with Crippen molar-refractivity contribution in [1.82, 2.24) is 0 Å². The first-order chi connectivity index (χ1) is 16.7. The van der Waals surface area contributed by atoms with Gasteiger partial charge in [-0.1, -0.05) is 12.1 Å². The molecule has 2 unspecified atom stereocenters. The Morgan fingerprint density at radius 3 is 2.49 bits per heavy atom. The van der Waals surface area contributed by atoms with E-state index in [4.69, 9.17) is 24.3 Å². The number of phenolic OH excluding ortho intramolecular Hbond substituents is 1. The molecule has 2 aliphatic heterocycles. The summed E-state index contributed by atoms with van der Waals surface area (Å²) < 4.78 is 33.8. The first-order valence-corrected chi connectivity index (χ1v) is 11.8. The maximum atomic E-state index is 13.0. The SMILES string of the molecule is NCCOP(=O)(O)Oc1ccc2c(c1)Oc1cc(O)ccc1C21OC(=O)c2c(C(=O)O)cccc21. The van der Waals surface area contributed by atoms with Gasteiger partial charge in [-0.15, -0.1) is 0 Å². The average Bonchev–Trinajstić information content (AvgIpc) is 3.10. The van der Waals surface area contributed by atoms with Gasteiger partial charge in [0.05, 0.1) is 17.7 Å². The molecule has 2 heterocycles. The van der Waals surface area contributed by atoms with Gasteiger partial charge < -0.3 is 29.9 Å². The standard InChI is InChI=1S/C23H18NO10P/c24-8-9-31-35(29,30)34-13-5-7-16-19(11-13)32-18-10-12(25)4-6-15(18)23(16)17-3-1-2-14(21(26)27)20(17)22(28)33-23/h1-7,10-11,25H,8-9,24H2,(H,26,27)(H,29,30). The molecule has 35 heavy (non-hydrogen) atoms.